The van der Waals surface area contributed by atoms with Crippen molar-refractivity contribution in [3.63, 3.8) is 0 Å². The van der Waals surface area contributed by atoms with Crippen LogP contribution in [-0.2, 0) is 6.54 Å². The number of hydrogen-bond donors (Lipinski definition) is 0. The van der Waals surface area contributed by atoms with Crippen LogP contribution in [-0.4, -0.2) is 5.78 Å². The van der Waals surface area contributed by atoms with Crippen LogP contribution in [0.4, 0.5) is 0 Å². The summed E-state index contributed by atoms with van der Waals surface area (Å²) in [6, 6.07) is 34.7. The molecule has 0 spiro atoms. The van der Waals surface area contributed by atoms with E-state index in [1.54, 1.807) is 0 Å². The molecule has 5 rings (SSSR count). The number of Topliss-reactive ketones (excluding diaryl/α,β-unsaturated/α-hetero) is 1. The smallest absolute Gasteiger partial charge is 0.227 e. The SMILES string of the molecule is O=C(C[n+]1cc2ccccc2c2ccccc21)c1ccc(-c2ccccc2)cc1. The van der Waals surface area contributed by atoms with Crippen LogP contribution in [0.1, 0.15) is 10.4 Å². The van der Waals surface area contributed by atoms with E-state index in [-0.39, 0.29) is 5.78 Å². The highest BCUT2D eigenvalue weighted by Gasteiger charge is 2.17. The zero-order chi connectivity index (χ0) is 19.6. The van der Waals surface area contributed by atoms with Gasteiger partial charge in [0.05, 0.1) is 5.39 Å². The molecule has 5 aromatic rings. The molecule has 1 heterocycles. The van der Waals surface area contributed by atoms with E-state index in [0.29, 0.717) is 6.54 Å². The van der Waals surface area contributed by atoms with Crippen LogP contribution >= 0.6 is 0 Å². The van der Waals surface area contributed by atoms with Crippen molar-refractivity contribution in [3.05, 3.63) is 115 Å². The highest BCUT2D eigenvalue weighted by Crippen LogP contribution is 2.23. The summed E-state index contributed by atoms with van der Waals surface area (Å²) in [6.45, 7) is 0.316. The lowest BCUT2D eigenvalue weighted by atomic mass is 10.0. The molecule has 0 bridgehead atoms. The van der Waals surface area contributed by atoms with E-state index in [0.717, 1.165) is 33.0 Å². The third kappa shape index (κ3) is 3.30. The second-order valence-electron chi connectivity index (χ2n) is 7.23. The fourth-order valence-corrected chi connectivity index (χ4v) is 3.90. The van der Waals surface area contributed by atoms with Gasteiger partial charge >= 0.3 is 0 Å². The van der Waals surface area contributed by atoms with Gasteiger partial charge < -0.3 is 0 Å². The number of carbonyl (C=O) groups excluding carboxylic acids is 1. The van der Waals surface area contributed by atoms with E-state index < -0.39 is 0 Å². The highest BCUT2D eigenvalue weighted by molar-refractivity contribution is 6.04. The molecule has 1 aromatic heterocycles. The normalized spacial score (nSPS) is 11.0. The molecule has 0 saturated carbocycles. The first-order chi connectivity index (χ1) is 14.3. The molecule has 138 valence electrons. The van der Waals surface area contributed by atoms with Gasteiger partial charge in [0.15, 0.2) is 6.20 Å². The first-order valence-corrected chi connectivity index (χ1v) is 9.78. The summed E-state index contributed by atoms with van der Waals surface area (Å²) in [5.41, 5.74) is 4.07. The Morgan fingerprint density at radius 1 is 0.621 bits per heavy atom. The standard InChI is InChI=1S/C27H20NO/c29-27(22-16-14-21(15-17-22)20-8-2-1-3-9-20)19-28-18-23-10-4-5-11-24(23)25-12-6-7-13-26(25)28/h1-18H,19H2/q+1. The van der Waals surface area contributed by atoms with Gasteiger partial charge in [-0.05, 0) is 23.3 Å². The molecule has 29 heavy (non-hydrogen) atoms. The molecule has 0 saturated heterocycles. The van der Waals surface area contributed by atoms with Crippen LogP contribution in [0.2, 0.25) is 0 Å². The average molecular weight is 374 g/mol. The Balaban J connectivity index is 1.50. The van der Waals surface area contributed by atoms with Crippen molar-refractivity contribution in [3.8, 4) is 11.1 Å². The minimum absolute atomic E-state index is 0.107. The van der Waals surface area contributed by atoms with E-state index >= 15 is 0 Å². The monoisotopic (exact) mass is 374 g/mol. The summed E-state index contributed by atoms with van der Waals surface area (Å²) >= 11 is 0. The molecule has 0 aliphatic carbocycles. The number of pyridine rings is 1. The molecule has 0 unspecified atom stereocenters. The third-order valence-electron chi connectivity index (χ3n) is 5.39. The van der Waals surface area contributed by atoms with Crippen molar-refractivity contribution in [2.75, 3.05) is 0 Å². The van der Waals surface area contributed by atoms with Gasteiger partial charge in [-0.3, -0.25) is 4.79 Å². The second-order valence-corrected chi connectivity index (χ2v) is 7.23. The number of benzene rings is 4. The molecule has 0 amide bonds. The number of aromatic nitrogens is 1. The van der Waals surface area contributed by atoms with Crippen molar-refractivity contribution < 1.29 is 9.36 Å². The van der Waals surface area contributed by atoms with E-state index in [1.165, 1.54) is 5.39 Å². The van der Waals surface area contributed by atoms with E-state index in [2.05, 4.69) is 53.2 Å². The Labute approximate surface area is 169 Å². The molecular weight excluding hydrogens is 354 g/mol. The van der Waals surface area contributed by atoms with Crippen LogP contribution in [0.25, 0.3) is 32.8 Å². The van der Waals surface area contributed by atoms with Gasteiger partial charge in [0.1, 0.15) is 0 Å². The van der Waals surface area contributed by atoms with Gasteiger partial charge in [-0.1, -0.05) is 84.9 Å². The lowest BCUT2D eigenvalue weighted by molar-refractivity contribution is -0.655. The second kappa shape index (κ2) is 7.33. The fraction of sp³-hybridized carbons (Fsp3) is 0.0370. The van der Waals surface area contributed by atoms with Crippen molar-refractivity contribution in [2.24, 2.45) is 0 Å². The fourth-order valence-electron chi connectivity index (χ4n) is 3.90. The molecule has 2 heteroatoms. The summed E-state index contributed by atoms with van der Waals surface area (Å²) in [7, 11) is 0. The van der Waals surface area contributed by atoms with Gasteiger partial charge in [-0.15, -0.1) is 0 Å². The Hall–Kier alpha value is -3.78. The van der Waals surface area contributed by atoms with E-state index in [1.807, 2.05) is 60.7 Å². The molecule has 0 aliphatic heterocycles. The quantitative estimate of drug-likeness (QED) is 0.220. The molecule has 0 fully saturated rings. The highest BCUT2D eigenvalue weighted by atomic mass is 16.1. The number of fused-ring (bicyclic) bond motifs is 3. The van der Waals surface area contributed by atoms with Crippen LogP contribution in [0, 0.1) is 0 Å². The van der Waals surface area contributed by atoms with Crippen LogP contribution in [0.5, 0.6) is 0 Å². The predicted octanol–water partition coefficient (Wildman–Crippen LogP) is 5.83. The zero-order valence-corrected chi connectivity index (χ0v) is 16.0. The molecule has 0 atom stereocenters. The molecule has 0 aliphatic rings. The summed E-state index contributed by atoms with van der Waals surface area (Å²) in [5, 5.41) is 3.51. The summed E-state index contributed by atoms with van der Waals surface area (Å²) in [6.07, 6.45) is 2.08. The van der Waals surface area contributed by atoms with Crippen molar-refractivity contribution in [1.82, 2.24) is 0 Å². The number of hydrogen-bond acceptors (Lipinski definition) is 1. The first-order valence-electron chi connectivity index (χ1n) is 9.78. The van der Waals surface area contributed by atoms with Crippen molar-refractivity contribution >= 4 is 27.5 Å². The van der Waals surface area contributed by atoms with Gasteiger partial charge in [-0.2, -0.15) is 4.57 Å². The molecule has 0 radical (unpaired) electrons. The largest absolute Gasteiger partial charge is 0.287 e. The molecule has 2 nitrogen and oxygen atoms in total. The summed E-state index contributed by atoms with van der Waals surface area (Å²) in [5.74, 6) is 0.107. The van der Waals surface area contributed by atoms with Gasteiger partial charge in [0.25, 0.3) is 0 Å². The number of ketones is 1. The third-order valence-corrected chi connectivity index (χ3v) is 5.39. The Morgan fingerprint density at radius 2 is 1.24 bits per heavy atom. The maximum Gasteiger partial charge on any atom is 0.227 e. The zero-order valence-electron chi connectivity index (χ0n) is 16.0. The van der Waals surface area contributed by atoms with Crippen molar-refractivity contribution in [1.29, 1.82) is 0 Å². The molecule has 0 N–H and O–H groups in total. The van der Waals surface area contributed by atoms with E-state index in [4.69, 9.17) is 0 Å². The van der Waals surface area contributed by atoms with Gasteiger partial charge in [-0.25, -0.2) is 0 Å². The summed E-state index contributed by atoms with van der Waals surface area (Å²) < 4.78 is 2.06. The van der Waals surface area contributed by atoms with Gasteiger partial charge in [0.2, 0.25) is 17.8 Å². The van der Waals surface area contributed by atoms with Crippen molar-refractivity contribution in [2.45, 2.75) is 6.54 Å². The number of nitrogens with zero attached hydrogens (tertiary/aromatic N) is 1. The Bertz CT molecular complexity index is 1320. The molecule has 4 aromatic carbocycles. The van der Waals surface area contributed by atoms with Crippen LogP contribution in [0.15, 0.2) is 109 Å². The average Bonchev–Trinajstić information content (AvgIpc) is 2.80. The number of carbonyl (C=O) groups is 1. The Morgan fingerprint density at radius 3 is 2.03 bits per heavy atom. The first kappa shape index (κ1) is 17.3. The summed E-state index contributed by atoms with van der Waals surface area (Å²) in [4.78, 5) is 13.0. The minimum Gasteiger partial charge on any atom is -0.287 e. The van der Waals surface area contributed by atoms with E-state index in [9.17, 15) is 4.79 Å². The lowest BCUT2D eigenvalue weighted by Crippen LogP contribution is -2.38. The Kier molecular flexibility index (Phi) is 4.38. The minimum atomic E-state index is 0.107. The number of para-hydroxylation sites is 1. The predicted molar refractivity (Wildman–Crippen MR) is 118 cm³/mol. The number of rotatable bonds is 4. The topological polar surface area (TPSA) is 20.9 Å². The van der Waals surface area contributed by atoms with Crippen LogP contribution in [0.3, 0.4) is 0 Å². The van der Waals surface area contributed by atoms with Crippen LogP contribution < -0.4 is 4.57 Å². The molecular formula is C27H20NO+. The maximum atomic E-state index is 13.0. The van der Waals surface area contributed by atoms with Gasteiger partial charge in [0, 0.05) is 22.4 Å². The maximum absolute atomic E-state index is 13.0. The lowest BCUT2D eigenvalue weighted by Gasteiger charge is -2.06.